The van der Waals surface area contributed by atoms with E-state index >= 15 is 0 Å². The third-order valence-electron chi connectivity index (χ3n) is 4.26. The van der Waals surface area contributed by atoms with Crippen LogP contribution in [0.25, 0.3) is 0 Å². The summed E-state index contributed by atoms with van der Waals surface area (Å²) in [6.07, 6.45) is 5.01. The topological polar surface area (TPSA) is 36.9 Å². The summed E-state index contributed by atoms with van der Waals surface area (Å²) in [7, 11) is 0. The zero-order chi connectivity index (χ0) is 14.7. The lowest BCUT2D eigenvalue weighted by molar-refractivity contribution is 0.506. The molecule has 1 aromatic carbocycles. The van der Waals surface area contributed by atoms with Gasteiger partial charge in [-0.3, -0.25) is 4.57 Å². The first-order valence-electron chi connectivity index (χ1n) is 7.75. The Morgan fingerprint density at radius 1 is 1.29 bits per heavy atom. The van der Waals surface area contributed by atoms with Gasteiger partial charge >= 0.3 is 0 Å². The van der Waals surface area contributed by atoms with Gasteiger partial charge in [-0.15, -0.1) is 5.10 Å². The third-order valence-corrected chi connectivity index (χ3v) is 4.54. The van der Waals surface area contributed by atoms with Crippen molar-refractivity contribution < 1.29 is 0 Å². The molecule has 1 saturated carbocycles. The van der Waals surface area contributed by atoms with Crippen molar-refractivity contribution in [2.75, 3.05) is 11.4 Å². The maximum absolute atomic E-state index is 5.46. The lowest BCUT2D eigenvalue weighted by Crippen LogP contribution is -2.26. The Hall–Kier alpha value is -1.62. The molecule has 0 saturated heterocycles. The second kappa shape index (κ2) is 6.43. The van der Waals surface area contributed by atoms with Crippen LogP contribution in [0, 0.1) is 4.77 Å². The van der Waals surface area contributed by atoms with Gasteiger partial charge in [0.1, 0.15) is 0 Å². The first kappa shape index (κ1) is 14.3. The standard InChI is InChI=1S/C16H22N4S/c1-2-19(12-13-8-4-3-5-9-13)15-17-18-16(21)20(15)14-10-6-7-11-14/h3-5,8-9,14H,2,6-7,10-12H2,1H3,(H,18,21). The summed E-state index contributed by atoms with van der Waals surface area (Å²) in [5.74, 6) is 0.984. The number of rotatable bonds is 5. The van der Waals surface area contributed by atoms with Gasteiger partial charge in [-0.2, -0.15) is 0 Å². The molecule has 21 heavy (non-hydrogen) atoms. The van der Waals surface area contributed by atoms with E-state index in [9.17, 15) is 0 Å². The maximum atomic E-state index is 5.46. The summed E-state index contributed by atoms with van der Waals surface area (Å²) in [6.45, 7) is 3.95. The molecule has 4 nitrogen and oxygen atoms in total. The van der Waals surface area contributed by atoms with Crippen LogP contribution in [-0.4, -0.2) is 21.3 Å². The van der Waals surface area contributed by atoms with E-state index in [2.05, 4.69) is 50.9 Å². The van der Waals surface area contributed by atoms with Crippen molar-refractivity contribution in [3.63, 3.8) is 0 Å². The van der Waals surface area contributed by atoms with Gasteiger partial charge in [-0.25, -0.2) is 5.10 Å². The summed E-state index contributed by atoms with van der Waals surface area (Å²) in [5, 5.41) is 7.49. The van der Waals surface area contributed by atoms with Gasteiger partial charge in [0.15, 0.2) is 4.77 Å². The van der Waals surface area contributed by atoms with Crippen LogP contribution in [0.5, 0.6) is 0 Å². The molecular formula is C16H22N4S. The highest BCUT2D eigenvalue weighted by atomic mass is 32.1. The minimum Gasteiger partial charge on any atom is -0.337 e. The average molecular weight is 302 g/mol. The van der Waals surface area contributed by atoms with Crippen LogP contribution in [0.1, 0.15) is 44.2 Å². The first-order chi connectivity index (χ1) is 10.3. The minimum absolute atomic E-state index is 0.510. The van der Waals surface area contributed by atoms with Crippen LogP contribution in [0.4, 0.5) is 5.95 Å². The van der Waals surface area contributed by atoms with Crippen LogP contribution in [0.15, 0.2) is 30.3 Å². The molecule has 1 aliphatic rings. The highest BCUT2D eigenvalue weighted by Gasteiger charge is 2.23. The van der Waals surface area contributed by atoms with E-state index in [-0.39, 0.29) is 0 Å². The van der Waals surface area contributed by atoms with Crippen LogP contribution in [0.3, 0.4) is 0 Å². The number of hydrogen-bond donors (Lipinski definition) is 1. The number of nitrogens with zero attached hydrogens (tertiary/aromatic N) is 3. The van der Waals surface area contributed by atoms with E-state index < -0.39 is 0 Å². The Labute approximate surface area is 130 Å². The number of aromatic amines is 1. The highest BCUT2D eigenvalue weighted by Crippen LogP contribution is 2.32. The van der Waals surface area contributed by atoms with E-state index in [4.69, 9.17) is 12.2 Å². The molecule has 0 atom stereocenters. The van der Waals surface area contributed by atoms with Crippen LogP contribution in [0.2, 0.25) is 0 Å². The van der Waals surface area contributed by atoms with Crippen LogP contribution in [-0.2, 0) is 6.54 Å². The number of H-pyrrole nitrogens is 1. The van der Waals surface area contributed by atoms with Gasteiger partial charge in [0.25, 0.3) is 0 Å². The van der Waals surface area contributed by atoms with Crippen LogP contribution < -0.4 is 4.90 Å². The molecule has 1 aliphatic carbocycles. The van der Waals surface area contributed by atoms with E-state index in [1.165, 1.54) is 31.2 Å². The largest absolute Gasteiger partial charge is 0.337 e. The number of nitrogens with one attached hydrogen (secondary N) is 1. The summed E-state index contributed by atoms with van der Waals surface area (Å²) < 4.78 is 2.98. The second-order valence-electron chi connectivity index (χ2n) is 5.64. The maximum Gasteiger partial charge on any atom is 0.226 e. The van der Waals surface area contributed by atoms with Gasteiger partial charge < -0.3 is 4.90 Å². The molecule has 2 aromatic rings. The number of hydrogen-bond acceptors (Lipinski definition) is 3. The molecule has 1 fully saturated rings. The zero-order valence-corrected chi connectivity index (χ0v) is 13.3. The minimum atomic E-state index is 0.510. The molecule has 0 bridgehead atoms. The number of benzene rings is 1. The van der Waals surface area contributed by atoms with Gasteiger partial charge in [0, 0.05) is 19.1 Å². The molecule has 0 spiro atoms. The molecule has 0 amide bonds. The summed E-state index contributed by atoms with van der Waals surface area (Å²) >= 11 is 5.46. The molecule has 0 aliphatic heterocycles. The quantitative estimate of drug-likeness (QED) is 0.845. The lowest BCUT2D eigenvalue weighted by Gasteiger charge is -2.24. The van der Waals surface area contributed by atoms with Gasteiger partial charge in [0.2, 0.25) is 5.95 Å². The Balaban J connectivity index is 1.89. The molecule has 0 radical (unpaired) electrons. The van der Waals surface area contributed by atoms with Crippen molar-refractivity contribution >= 4 is 18.2 Å². The normalized spacial score (nSPS) is 15.5. The fraction of sp³-hybridized carbons (Fsp3) is 0.500. The monoisotopic (exact) mass is 302 g/mol. The molecule has 112 valence electrons. The van der Waals surface area contributed by atoms with Crippen molar-refractivity contribution in [2.24, 2.45) is 0 Å². The van der Waals surface area contributed by atoms with Crippen molar-refractivity contribution in [1.29, 1.82) is 0 Å². The van der Waals surface area contributed by atoms with Gasteiger partial charge in [0.05, 0.1) is 0 Å². The Kier molecular flexibility index (Phi) is 4.39. The number of aromatic nitrogens is 3. The van der Waals surface area contributed by atoms with E-state index in [0.29, 0.717) is 6.04 Å². The highest BCUT2D eigenvalue weighted by molar-refractivity contribution is 7.71. The van der Waals surface area contributed by atoms with E-state index in [0.717, 1.165) is 23.8 Å². The average Bonchev–Trinajstić information content (AvgIpc) is 3.15. The van der Waals surface area contributed by atoms with Crippen molar-refractivity contribution in [1.82, 2.24) is 14.8 Å². The SMILES string of the molecule is CCN(Cc1ccccc1)c1n[nH]c(=S)n1C1CCCC1. The Morgan fingerprint density at radius 2 is 2.00 bits per heavy atom. The summed E-state index contributed by atoms with van der Waals surface area (Å²) in [6, 6.07) is 11.0. The van der Waals surface area contributed by atoms with Crippen molar-refractivity contribution in [3.8, 4) is 0 Å². The van der Waals surface area contributed by atoms with E-state index in [1.54, 1.807) is 0 Å². The van der Waals surface area contributed by atoms with Crippen molar-refractivity contribution in [3.05, 3.63) is 40.7 Å². The Morgan fingerprint density at radius 3 is 2.67 bits per heavy atom. The fourth-order valence-electron chi connectivity index (χ4n) is 3.14. The molecule has 1 aromatic heterocycles. The predicted octanol–water partition coefficient (Wildman–Crippen LogP) is 4.08. The van der Waals surface area contributed by atoms with E-state index in [1.807, 2.05) is 6.07 Å². The molecular weight excluding hydrogens is 280 g/mol. The smallest absolute Gasteiger partial charge is 0.226 e. The van der Waals surface area contributed by atoms with Crippen molar-refractivity contribution in [2.45, 2.75) is 45.2 Å². The summed E-state index contributed by atoms with van der Waals surface area (Å²) in [4.78, 5) is 2.29. The lowest BCUT2D eigenvalue weighted by atomic mass is 10.2. The molecule has 5 heteroatoms. The molecule has 3 rings (SSSR count). The molecule has 1 N–H and O–H groups in total. The zero-order valence-electron chi connectivity index (χ0n) is 12.5. The number of anilines is 1. The second-order valence-corrected chi connectivity index (χ2v) is 6.02. The summed E-state index contributed by atoms with van der Waals surface area (Å²) in [5.41, 5.74) is 1.30. The van der Waals surface area contributed by atoms with Gasteiger partial charge in [-0.1, -0.05) is 43.2 Å². The first-order valence-corrected chi connectivity index (χ1v) is 8.16. The molecule has 1 heterocycles. The Bertz CT molecular complexity index is 625. The molecule has 0 unspecified atom stereocenters. The third kappa shape index (κ3) is 3.02. The van der Waals surface area contributed by atoms with Crippen LogP contribution >= 0.6 is 12.2 Å². The predicted molar refractivity (Wildman–Crippen MR) is 88.1 cm³/mol. The van der Waals surface area contributed by atoms with Gasteiger partial charge in [-0.05, 0) is 37.5 Å². The fourth-order valence-corrected chi connectivity index (χ4v) is 3.42.